The Balaban J connectivity index is 1.21. The van der Waals surface area contributed by atoms with Gasteiger partial charge in [0.15, 0.2) is 0 Å². The Bertz CT molecular complexity index is 1520. The largest absolute Gasteiger partial charge is 0.468 e. The van der Waals surface area contributed by atoms with Gasteiger partial charge in [-0.2, -0.15) is 0 Å². The number of hydrogen-bond acceptors (Lipinski definition) is 5. The third-order valence-electron chi connectivity index (χ3n) is 10.5. The number of esters is 1. The highest BCUT2D eigenvalue weighted by atomic mass is 19.1. The smallest absolute Gasteiger partial charge is 0.329 e. The second-order valence-corrected chi connectivity index (χ2v) is 13.2. The first-order valence-electron chi connectivity index (χ1n) is 16.4. The summed E-state index contributed by atoms with van der Waals surface area (Å²) < 4.78 is 47.1. The van der Waals surface area contributed by atoms with Crippen molar-refractivity contribution in [2.45, 2.75) is 95.3 Å². The molecule has 242 valence electrons. The Morgan fingerprint density at radius 1 is 0.956 bits per heavy atom. The monoisotopic (exact) mass is 622 g/mol. The number of rotatable bonds is 6. The van der Waals surface area contributed by atoms with Crippen LogP contribution < -0.4 is 0 Å². The van der Waals surface area contributed by atoms with Crippen LogP contribution in [0.1, 0.15) is 75.1 Å². The molecule has 3 aromatic rings. The Labute approximate surface area is 263 Å². The number of piperidine rings is 1. The number of amides is 1. The molecule has 3 fully saturated rings. The summed E-state index contributed by atoms with van der Waals surface area (Å²) in [6.45, 7) is 5.73. The maximum Gasteiger partial charge on any atom is 0.329 e. The van der Waals surface area contributed by atoms with E-state index in [1.54, 1.807) is 27.7 Å². The van der Waals surface area contributed by atoms with Crippen molar-refractivity contribution in [3.8, 4) is 0 Å². The highest BCUT2D eigenvalue weighted by Gasteiger charge is 2.48. The summed E-state index contributed by atoms with van der Waals surface area (Å²) in [5.41, 5.74) is 2.18. The minimum atomic E-state index is -0.989. The van der Waals surface area contributed by atoms with Crippen molar-refractivity contribution in [1.82, 2.24) is 9.47 Å². The summed E-state index contributed by atoms with van der Waals surface area (Å²) >= 11 is 0. The zero-order valence-electron chi connectivity index (χ0n) is 26.5. The van der Waals surface area contributed by atoms with Crippen LogP contribution in [0.4, 0.5) is 13.6 Å². The van der Waals surface area contributed by atoms with Gasteiger partial charge in [0.05, 0.1) is 30.2 Å². The van der Waals surface area contributed by atoms with Crippen LogP contribution in [0, 0.1) is 24.5 Å². The molecule has 45 heavy (non-hydrogen) atoms. The zero-order chi connectivity index (χ0) is 31.7. The van der Waals surface area contributed by atoms with Crippen molar-refractivity contribution < 1.29 is 32.6 Å². The number of carbonyl (C=O) groups excluding carboxylic acids is 2. The molecule has 0 N–H and O–H groups in total. The summed E-state index contributed by atoms with van der Waals surface area (Å²) in [5.74, 6) is -0.705. The minimum absolute atomic E-state index is 0.229. The fraction of sp³-hybridized carbons (Fsp3) is 0.556. The van der Waals surface area contributed by atoms with E-state index in [-0.39, 0.29) is 29.8 Å². The first-order chi connectivity index (χ1) is 21.7. The molecule has 0 unspecified atom stereocenters. The molecule has 0 radical (unpaired) electrons. The van der Waals surface area contributed by atoms with Crippen LogP contribution in [0.15, 0.2) is 42.5 Å². The van der Waals surface area contributed by atoms with Crippen LogP contribution in [0.3, 0.4) is 0 Å². The predicted molar refractivity (Wildman–Crippen MR) is 167 cm³/mol. The molecule has 2 aromatic carbocycles. The molecule has 3 heterocycles. The van der Waals surface area contributed by atoms with Crippen molar-refractivity contribution >= 4 is 22.9 Å². The van der Waals surface area contributed by atoms with Crippen molar-refractivity contribution in [1.29, 1.82) is 0 Å². The van der Waals surface area contributed by atoms with E-state index < -0.39 is 11.4 Å². The van der Waals surface area contributed by atoms with E-state index in [0.717, 1.165) is 74.8 Å². The highest BCUT2D eigenvalue weighted by molar-refractivity contribution is 5.96. The molecule has 1 aromatic heterocycles. The molecule has 0 bridgehead atoms. The quantitative estimate of drug-likeness (QED) is 0.275. The molecule has 2 atom stereocenters. The molecule has 2 aliphatic heterocycles. The van der Waals surface area contributed by atoms with E-state index in [9.17, 15) is 18.4 Å². The van der Waals surface area contributed by atoms with Crippen LogP contribution >= 0.6 is 0 Å². The minimum Gasteiger partial charge on any atom is -0.468 e. The Hall–Kier alpha value is -3.30. The number of ether oxygens (including phenoxy) is 3. The molecule has 3 aliphatic rings. The number of halogens is 2. The molecule has 1 aliphatic carbocycles. The zero-order valence-corrected chi connectivity index (χ0v) is 26.5. The van der Waals surface area contributed by atoms with Crippen LogP contribution in [0.5, 0.6) is 0 Å². The van der Waals surface area contributed by atoms with Gasteiger partial charge in [-0.25, -0.2) is 13.6 Å². The van der Waals surface area contributed by atoms with Crippen molar-refractivity contribution in [3.05, 3.63) is 70.9 Å². The number of methoxy groups -OCH3 is 1. The van der Waals surface area contributed by atoms with Gasteiger partial charge in [0.2, 0.25) is 0 Å². The Morgan fingerprint density at radius 2 is 1.62 bits per heavy atom. The standard InChI is InChI=1S/C36H44F2N2O5/c1-23-22-36(34(41)43-3,26-6-8-27(37)9-7-26)16-17-39(23)35(42)40-24(2)32(31-13-10-28(38)21-33(31)40)20-25-4-11-29(12-5-25)45-30-14-18-44-19-15-30/h6-10,13,21,23,25,29-30H,4-5,11-12,14-20,22H2,1-3H3/t23-,25?,29?,36-/m0/s1. The fourth-order valence-electron chi connectivity index (χ4n) is 8.00. The lowest BCUT2D eigenvalue weighted by Crippen LogP contribution is -2.54. The Kier molecular flexibility index (Phi) is 9.29. The number of likely N-dealkylation sites (tertiary alicyclic amines) is 1. The number of carbonyl (C=O) groups is 2. The summed E-state index contributed by atoms with van der Waals surface area (Å²) in [5, 5.41) is 0.905. The van der Waals surface area contributed by atoms with Crippen LogP contribution in [-0.4, -0.2) is 66.6 Å². The van der Waals surface area contributed by atoms with E-state index >= 15 is 0 Å². The third kappa shape index (κ3) is 6.26. The second-order valence-electron chi connectivity index (χ2n) is 13.2. The van der Waals surface area contributed by atoms with Gasteiger partial charge in [0.25, 0.3) is 0 Å². The topological polar surface area (TPSA) is 70.0 Å². The molecular weight excluding hydrogens is 578 g/mol. The number of aromatic nitrogens is 1. The van der Waals surface area contributed by atoms with Gasteiger partial charge in [-0.1, -0.05) is 12.1 Å². The summed E-state index contributed by atoms with van der Waals surface area (Å²) in [6, 6.07) is 10.1. The third-order valence-corrected chi connectivity index (χ3v) is 10.5. The van der Waals surface area contributed by atoms with Gasteiger partial charge in [-0.15, -0.1) is 0 Å². The molecule has 6 rings (SSSR count). The molecule has 9 heteroatoms. The SMILES string of the molecule is COC(=O)[C@@]1(c2ccc(F)cc2)CCN(C(=O)n2c(C)c(CC3CCC(OC4CCOCC4)CC3)c3ccc(F)cc32)[C@@H](C)C1. The first kappa shape index (κ1) is 31.7. The van der Waals surface area contributed by atoms with Gasteiger partial charge in [-0.05, 0) is 119 Å². The number of nitrogens with zero attached hydrogens (tertiary/aromatic N) is 2. The average Bonchev–Trinajstić information content (AvgIpc) is 3.31. The fourth-order valence-corrected chi connectivity index (χ4v) is 8.00. The summed E-state index contributed by atoms with van der Waals surface area (Å²) in [4.78, 5) is 29.2. The maximum absolute atomic E-state index is 14.6. The van der Waals surface area contributed by atoms with Crippen molar-refractivity contribution in [2.75, 3.05) is 26.9 Å². The summed E-state index contributed by atoms with van der Waals surface area (Å²) in [6.07, 6.45) is 8.16. The van der Waals surface area contributed by atoms with E-state index in [4.69, 9.17) is 14.2 Å². The van der Waals surface area contributed by atoms with E-state index in [0.29, 0.717) is 42.5 Å². The van der Waals surface area contributed by atoms with Crippen LogP contribution in [0.25, 0.3) is 10.9 Å². The Morgan fingerprint density at radius 3 is 2.29 bits per heavy atom. The van der Waals surface area contributed by atoms with Gasteiger partial charge >= 0.3 is 12.0 Å². The maximum atomic E-state index is 14.6. The predicted octanol–water partition coefficient (Wildman–Crippen LogP) is 7.09. The first-order valence-corrected chi connectivity index (χ1v) is 16.4. The van der Waals surface area contributed by atoms with Crippen molar-refractivity contribution in [2.24, 2.45) is 5.92 Å². The number of benzene rings is 2. The van der Waals surface area contributed by atoms with Crippen LogP contribution in [0.2, 0.25) is 0 Å². The molecule has 1 saturated carbocycles. The number of fused-ring (bicyclic) bond motifs is 1. The van der Waals surface area contributed by atoms with Gasteiger partial charge in [0.1, 0.15) is 11.6 Å². The van der Waals surface area contributed by atoms with Crippen LogP contribution in [-0.2, 0) is 30.8 Å². The second kappa shape index (κ2) is 13.2. The molecule has 0 spiro atoms. The van der Waals surface area contributed by atoms with E-state index in [2.05, 4.69) is 0 Å². The average molecular weight is 623 g/mol. The van der Waals surface area contributed by atoms with E-state index in [1.807, 2.05) is 13.8 Å². The van der Waals surface area contributed by atoms with Gasteiger partial charge < -0.3 is 19.1 Å². The highest BCUT2D eigenvalue weighted by Crippen LogP contribution is 2.41. The molecule has 1 amide bonds. The lowest BCUT2D eigenvalue weighted by Gasteiger charge is -2.44. The van der Waals surface area contributed by atoms with Gasteiger partial charge in [-0.3, -0.25) is 9.36 Å². The number of hydrogen-bond donors (Lipinski definition) is 0. The van der Waals surface area contributed by atoms with E-state index in [1.165, 1.54) is 31.4 Å². The lowest BCUT2D eigenvalue weighted by molar-refractivity contribution is -0.150. The molecule has 2 saturated heterocycles. The molecule has 7 nitrogen and oxygen atoms in total. The van der Waals surface area contributed by atoms with Crippen molar-refractivity contribution in [3.63, 3.8) is 0 Å². The van der Waals surface area contributed by atoms with Gasteiger partial charge in [0, 0.05) is 36.9 Å². The molecular formula is C36H44F2N2O5. The normalized spacial score (nSPS) is 26.2. The lowest BCUT2D eigenvalue weighted by atomic mass is 9.70. The summed E-state index contributed by atoms with van der Waals surface area (Å²) in [7, 11) is 1.35.